The third-order valence-electron chi connectivity index (χ3n) is 4.32. The van der Waals surface area contributed by atoms with Crippen molar-refractivity contribution < 1.29 is 24.4 Å². The first kappa shape index (κ1) is 24.2. The number of fused-ring (bicyclic) bond motifs is 1. The van der Waals surface area contributed by atoms with E-state index in [2.05, 4.69) is 15.3 Å². The number of carbonyl (C=O) groups excluding carboxylic acids is 2. The topological polar surface area (TPSA) is 165 Å². The lowest BCUT2D eigenvalue weighted by atomic mass is 10.2. The Bertz CT molecular complexity index is 1300. The van der Waals surface area contributed by atoms with E-state index in [0.717, 1.165) is 41.3 Å². The number of phenolic OH excluding ortho intramolecular Hbond substituents is 1. The molecule has 2 heterocycles. The first-order valence-electron chi connectivity index (χ1n) is 9.67. The number of amides is 1. The van der Waals surface area contributed by atoms with Crippen LogP contribution >= 0.6 is 23.1 Å². The van der Waals surface area contributed by atoms with E-state index < -0.39 is 22.4 Å². The van der Waals surface area contributed by atoms with Crippen LogP contribution in [0.25, 0.3) is 10.2 Å². The molecule has 0 aliphatic carbocycles. The Labute approximate surface area is 195 Å². The number of nitro groups is 1. The van der Waals surface area contributed by atoms with Crippen LogP contribution in [0.15, 0.2) is 28.2 Å². The monoisotopic (exact) mass is 492 g/mol. The lowest BCUT2D eigenvalue weighted by Crippen LogP contribution is -2.15. The number of rotatable bonds is 8. The predicted molar refractivity (Wildman–Crippen MR) is 124 cm³/mol. The standard InChI is InChI=1S/C20H20N4O7S2/c1-9(2)7-31-19(28)16-10(3)15-17(27)22-20(23-18(15)33-16)32-8-14(26)21-12-6-11(24(29)30)4-5-13(12)25/h4-6,9,25H,7-8H2,1-3H3,(H,21,26)(H,22,23,27). The summed E-state index contributed by atoms with van der Waals surface area (Å²) in [6.07, 6.45) is 0. The number of thiophene rings is 1. The van der Waals surface area contributed by atoms with Gasteiger partial charge in [-0.05, 0) is 24.5 Å². The molecule has 13 heteroatoms. The number of hydrogen-bond donors (Lipinski definition) is 3. The Hall–Kier alpha value is -3.45. The van der Waals surface area contributed by atoms with Gasteiger partial charge in [0.25, 0.3) is 11.2 Å². The second-order valence-corrected chi connectivity index (χ2v) is 9.36. The van der Waals surface area contributed by atoms with Crippen molar-refractivity contribution in [2.75, 3.05) is 17.7 Å². The zero-order chi connectivity index (χ0) is 24.3. The van der Waals surface area contributed by atoms with Crippen LogP contribution in [0.1, 0.15) is 29.1 Å². The van der Waals surface area contributed by atoms with E-state index in [1.165, 1.54) is 0 Å². The Morgan fingerprint density at radius 1 is 1.39 bits per heavy atom. The van der Waals surface area contributed by atoms with Crippen LogP contribution in [-0.4, -0.2) is 44.2 Å². The van der Waals surface area contributed by atoms with Gasteiger partial charge < -0.3 is 20.1 Å². The summed E-state index contributed by atoms with van der Waals surface area (Å²) < 4.78 is 5.25. The number of H-pyrrole nitrogens is 1. The van der Waals surface area contributed by atoms with E-state index in [9.17, 15) is 29.6 Å². The SMILES string of the molecule is Cc1c(C(=O)OCC(C)C)sc2nc(SCC(=O)Nc3cc([N+](=O)[O-])ccc3O)[nH]c(=O)c12. The molecule has 33 heavy (non-hydrogen) atoms. The number of aromatic hydroxyl groups is 1. The number of benzene rings is 1. The van der Waals surface area contributed by atoms with Crippen LogP contribution in [0.2, 0.25) is 0 Å². The molecule has 0 aliphatic rings. The molecule has 11 nitrogen and oxygen atoms in total. The number of hydrogen-bond acceptors (Lipinski definition) is 10. The Kier molecular flexibility index (Phi) is 7.33. The second kappa shape index (κ2) is 10.0. The molecule has 0 saturated carbocycles. The number of carbonyl (C=O) groups is 2. The molecule has 1 amide bonds. The van der Waals surface area contributed by atoms with E-state index >= 15 is 0 Å². The number of phenols is 1. The highest BCUT2D eigenvalue weighted by molar-refractivity contribution is 7.99. The Morgan fingerprint density at radius 2 is 2.12 bits per heavy atom. The average Bonchev–Trinajstić information content (AvgIpc) is 3.08. The summed E-state index contributed by atoms with van der Waals surface area (Å²) in [7, 11) is 0. The number of aromatic amines is 1. The third-order valence-corrected chi connectivity index (χ3v) is 6.36. The van der Waals surface area contributed by atoms with Gasteiger partial charge in [-0.2, -0.15) is 0 Å². The van der Waals surface area contributed by atoms with E-state index in [4.69, 9.17) is 4.74 Å². The summed E-state index contributed by atoms with van der Waals surface area (Å²) in [6, 6.07) is 3.26. The number of nitrogens with one attached hydrogen (secondary N) is 2. The largest absolute Gasteiger partial charge is 0.506 e. The molecule has 3 aromatic rings. The number of nitro benzene ring substituents is 1. The zero-order valence-electron chi connectivity index (χ0n) is 17.8. The average molecular weight is 493 g/mol. The van der Waals surface area contributed by atoms with Crippen LogP contribution in [-0.2, 0) is 9.53 Å². The molecule has 0 saturated heterocycles. The lowest BCUT2D eigenvalue weighted by Gasteiger charge is -2.07. The maximum atomic E-state index is 12.6. The first-order chi connectivity index (χ1) is 15.6. The molecule has 3 N–H and O–H groups in total. The molecule has 0 unspecified atom stereocenters. The third kappa shape index (κ3) is 5.68. The highest BCUT2D eigenvalue weighted by Gasteiger charge is 2.21. The van der Waals surface area contributed by atoms with E-state index in [1.807, 2.05) is 13.8 Å². The van der Waals surface area contributed by atoms with Crippen LogP contribution in [0, 0.1) is 23.0 Å². The minimum Gasteiger partial charge on any atom is -0.506 e. The van der Waals surface area contributed by atoms with Crippen molar-refractivity contribution in [1.29, 1.82) is 0 Å². The molecule has 3 rings (SSSR count). The molecule has 0 radical (unpaired) electrons. The van der Waals surface area contributed by atoms with Crippen LogP contribution in [0.3, 0.4) is 0 Å². The van der Waals surface area contributed by atoms with Crippen molar-refractivity contribution in [3.8, 4) is 5.75 Å². The zero-order valence-corrected chi connectivity index (χ0v) is 19.5. The van der Waals surface area contributed by atoms with Crippen molar-refractivity contribution in [3.05, 3.63) is 49.1 Å². The fourth-order valence-corrected chi connectivity index (χ4v) is 4.55. The van der Waals surface area contributed by atoms with Gasteiger partial charge >= 0.3 is 5.97 Å². The summed E-state index contributed by atoms with van der Waals surface area (Å²) in [5.41, 5.74) is -0.364. The summed E-state index contributed by atoms with van der Waals surface area (Å²) in [5.74, 6) is -1.43. The second-order valence-electron chi connectivity index (χ2n) is 7.40. The van der Waals surface area contributed by atoms with Crippen molar-refractivity contribution in [3.63, 3.8) is 0 Å². The predicted octanol–water partition coefficient (Wildman–Crippen LogP) is 3.45. The van der Waals surface area contributed by atoms with Gasteiger partial charge in [0.05, 0.1) is 28.4 Å². The number of nitrogens with zero attached hydrogens (tertiary/aromatic N) is 2. The fourth-order valence-electron chi connectivity index (χ4n) is 2.75. The molecule has 2 aromatic heterocycles. The summed E-state index contributed by atoms with van der Waals surface area (Å²) in [5, 5.41) is 23.5. The fraction of sp³-hybridized carbons (Fsp3) is 0.300. The number of ether oxygens (including phenoxy) is 1. The van der Waals surface area contributed by atoms with Crippen molar-refractivity contribution >= 4 is 56.6 Å². The number of esters is 1. The quantitative estimate of drug-likeness (QED) is 0.107. The normalized spacial score (nSPS) is 11.0. The number of anilines is 1. The van der Waals surface area contributed by atoms with Crippen LogP contribution in [0.5, 0.6) is 5.75 Å². The number of non-ortho nitro benzene ring substituents is 1. The number of aromatic nitrogens is 2. The lowest BCUT2D eigenvalue weighted by molar-refractivity contribution is -0.384. The summed E-state index contributed by atoms with van der Waals surface area (Å²) >= 11 is 1.97. The Morgan fingerprint density at radius 3 is 2.79 bits per heavy atom. The van der Waals surface area contributed by atoms with E-state index in [1.54, 1.807) is 6.92 Å². The molecule has 174 valence electrons. The van der Waals surface area contributed by atoms with Crippen molar-refractivity contribution in [1.82, 2.24) is 9.97 Å². The number of thioether (sulfide) groups is 1. The molecule has 0 spiro atoms. The van der Waals surface area contributed by atoms with Gasteiger partial charge in [-0.25, -0.2) is 9.78 Å². The Balaban J connectivity index is 1.74. The summed E-state index contributed by atoms with van der Waals surface area (Å²) in [4.78, 5) is 54.9. The minimum atomic E-state index is -0.649. The van der Waals surface area contributed by atoms with Gasteiger partial charge in [0.1, 0.15) is 15.5 Å². The van der Waals surface area contributed by atoms with Crippen molar-refractivity contribution in [2.45, 2.75) is 25.9 Å². The van der Waals surface area contributed by atoms with Gasteiger partial charge in [-0.1, -0.05) is 25.6 Å². The molecule has 0 bridgehead atoms. The molecule has 0 fully saturated rings. The maximum absolute atomic E-state index is 12.6. The smallest absolute Gasteiger partial charge is 0.348 e. The highest BCUT2D eigenvalue weighted by atomic mass is 32.2. The number of aryl methyl sites for hydroxylation is 1. The van der Waals surface area contributed by atoms with Crippen LogP contribution < -0.4 is 10.9 Å². The highest BCUT2D eigenvalue weighted by Crippen LogP contribution is 2.30. The molecule has 0 atom stereocenters. The van der Waals surface area contributed by atoms with Crippen LogP contribution in [0.4, 0.5) is 11.4 Å². The molecular formula is C20H20N4O7S2. The van der Waals surface area contributed by atoms with Gasteiger partial charge in [0.2, 0.25) is 5.91 Å². The van der Waals surface area contributed by atoms with E-state index in [0.29, 0.717) is 15.3 Å². The van der Waals surface area contributed by atoms with Gasteiger partial charge in [0, 0.05) is 12.1 Å². The minimum absolute atomic E-state index is 0.106. The molecule has 0 aliphatic heterocycles. The van der Waals surface area contributed by atoms with E-state index in [-0.39, 0.29) is 45.9 Å². The maximum Gasteiger partial charge on any atom is 0.348 e. The molecule has 1 aromatic carbocycles. The van der Waals surface area contributed by atoms with Gasteiger partial charge in [0.15, 0.2) is 5.16 Å². The molecular weight excluding hydrogens is 472 g/mol. The summed E-state index contributed by atoms with van der Waals surface area (Å²) in [6.45, 7) is 5.73. The van der Waals surface area contributed by atoms with Crippen molar-refractivity contribution in [2.24, 2.45) is 5.92 Å². The van der Waals surface area contributed by atoms with Gasteiger partial charge in [-0.15, -0.1) is 11.3 Å². The van der Waals surface area contributed by atoms with Gasteiger partial charge in [-0.3, -0.25) is 19.7 Å². The first-order valence-corrected chi connectivity index (χ1v) is 11.5.